The Bertz CT molecular complexity index is 815. The van der Waals surface area contributed by atoms with E-state index in [0.717, 1.165) is 23.9 Å². The van der Waals surface area contributed by atoms with Crippen molar-refractivity contribution in [2.24, 2.45) is 0 Å². The van der Waals surface area contributed by atoms with E-state index in [4.69, 9.17) is 0 Å². The van der Waals surface area contributed by atoms with Gasteiger partial charge < -0.3 is 5.32 Å². The summed E-state index contributed by atoms with van der Waals surface area (Å²) in [5.74, 6) is -1.89. The quantitative estimate of drug-likeness (QED) is 0.805. The number of halogens is 2. The average Bonchev–Trinajstić information content (AvgIpc) is 3.02. The van der Waals surface area contributed by atoms with Crippen molar-refractivity contribution in [3.8, 4) is 5.69 Å². The summed E-state index contributed by atoms with van der Waals surface area (Å²) in [4.78, 5) is 12.1. The number of nitrogens with zero attached hydrogens (tertiary/aromatic N) is 2. The molecule has 110 valence electrons. The van der Waals surface area contributed by atoms with Gasteiger partial charge in [-0.15, -0.1) is 0 Å². The lowest BCUT2D eigenvalue weighted by molar-refractivity contribution is 0.102. The van der Waals surface area contributed by atoms with E-state index in [9.17, 15) is 13.6 Å². The van der Waals surface area contributed by atoms with Gasteiger partial charge in [-0.3, -0.25) is 4.79 Å². The fourth-order valence-corrected chi connectivity index (χ4v) is 1.95. The molecule has 1 heterocycles. The molecule has 0 aliphatic rings. The molecule has 0 aliphatic carbocycles. The number of aromatic nitrogens is 2. The largest absolute Gasteiger partial charge is 0.319 e. The summed E-state index contributed by atoms with van der Waals surface area (Å²) in [5, 5.41) is 6.40. The molecule has 0 unspecified atom stereocenters. The molecule has 0 saturated carbocycles. The second-order valence-electron chi connectivity index (χ2n) is 4.59. The van der Waals surface area contributed by atoms with Crippen molar-refractivity contribution in [2.45, 2.75) is 0 Å². The molecule has 3 aromatic rings. The van der Waals surface area contributed by atoms with Crippen molar-refractivity contribution in [3.63, 3.8) is 0 Å². The van der Waals surface area contributed by atoms with Gasteiger partial charge in [0.1, 0.15) is 11.6 Å². The molecule has 4 nitrogen and oxygen atoms in total. The molecule has 1 amide bonds. The number of nitrogens with one attached hydrogen (secondary N) is 1. The topological polar surface area (TPSA) is 46.9 Å². The minimum atomic E-state index is -0.704. The number of para-hydroxylation sites is 1. The number of hydrogen-bond donors (Lipinski definition) is 1. The first-order valence-corrected chi connectivity index (χ1v) is 6.50. The molecule has 0 spiro atoms. The first-order valence-electron chi connectivity index (χ1n) is 6.50. The zero-order chi connectivity index (χ0) is 15.5. The van der Waals surface area contributed by atoms with Gasteiger partial charge in [-0.25, -0.2) is 13.5 Å². The fraction of sp³-hybridized carbons (Fsp3) is 0. The van der Waals surface area contributed by atoms with E-state index >= 15 is 0 Å². The molecule has 2 aromatic carbocycles. The summed E-state index contributed by atoms with van der Waals surface area (Å²) in [6, 6.07) is 12.1. The van der Waals surface area contributed by atoms with Gasteiger partial charge >= 0.3 is 0 Å². The fourth-order valence-electron chi connectivity index (χ4n) is 1.95. The first kappa shape index (κ1) is 13.9. The second-order valence-corrected chi connectivity index (χ2v) is 4.59. The summed E-state index contributed by atoms with van der Waals surface area (Å²) in [6.45, 7) is 0. The first-order chi connectivity index (χ1) is 10.6. The SMILES string of the molecule is O=C(Nc1cc(F)ccc1F)c1cnn(-c2ccccc2)c1. The van der Waals surface area contributed by atoms with Crippen LogP contribution in [0.3, 0.4) is 0 Å². The minimum Gasteiger partial charge on any atom is -0.319 e. The van der Waals surface area contributed by atoms with E-state index in [0.29, 0.717) is 0 Å². The monoisotopic (exact) mass is 299 g/mol. The smallest absolute Gasteiger partial charge is 0.258 e. The van der Waals surface area contributed by atoms with Gasteiger partial charge in [-0.05, 0) is 24.3 Å². The molecule has 0 aliphatic heterocycles. The Kier molecular flexibility index (Phi) is 3.65. The van der Waals surface area contributed by atoms with Crippen LogP contribution >= 0.6 is 0 Å². The van der Waals surface area contributed by atoms with Crippen LogP contribution in [0.1, 0.15) is 10.4 Å². The lowest BCUT2D eigenvalue weighted by Gasteiger charge is -2.05. The van der Waals surface area contributed by atoms with Crippen molar-refractivity contribution in [1.82, 2.24) is 9.78 Å². The summed E-state index contributed by atoms with van der Waals surface area (Å²) in [6.07, 6.45) is 2.88. The van der Waals surface area contributed by atoms with Crippen LogP contribution in [0.4, 0.5) is 14.5 Å². The lowest BCUT2D eigenvalue weighted by Crippen LogP contribution is -2.12. The molecule has 6 heteroatoms. The van der Waals surface area contributed by atoms with E-state index in [1.165, 1.54) is 17.1 Å². The van der Waals surface area contributed by atoms with Crippen LogP contribution in [-0.4, -0.2) is 15.7 Å². The maximum absolute atomic E-state index is 13.5. The van der Waals surface area contributed by atoms with Gasteiger partial charge in [0.05, 0.1) is 23.1 Å². The Morgan fingerprint density at radius 1 is 1.09 bits per heavy atom. The van der Waals surface area contributed by atoms with Crippen LogP contribution in [0, 0.1) is 11.6 Å². The van der Waals surface area contributed by atoms with Crippen molar-refractivity contribution < 1.29 is 13.6 Å². The summed E-state index contributed by atoms with van der Waals surface area (Å²) in [7, 11) is 0. The lowest BCUT2D eigenvalue weighted by atomic mass is 10.2. The number of carbonyl (C=O) groups excluding carboxylic acids is 1. The molecule has 0 fully saturated rings. The zero-order valence-corrected chi connectivity index (χ0v) is 11.3. The Morgan fingerprint density at radius 2 is 1.86 bits per heavy atom. The predicted octanol–water partition coefficient (Wildman–Crippen LogP) is 3.40. The van der Waals surface area contributed by atoms with E-state index in [1.807, 2.05) is 30.3 Å². The number of anilines is 1. The highest BCUT2D eigenvalue weighted by molar-refractivity contribution is 6.04. The van der Waals surface area contributed by atoms with Crippen LogP contribution in [0.2, 0.25) is 0 Å². The van der Waals surface area contributed by atoms with Crippen molar-refractivity contribution >= 4 is 11.6 Å². The summed E-state index contributed by atoms with van der Waals surface area (Å²) >= 11 is 0. The molecule has 1 N–H and O–H groups in total. The maximum Gasteiger partial charge on any atom is 0.258 e. The molecule has 1 aromatic heterocycles. The number of hydrogen-bond acceptors (Lipinski definition) is 2. The molecule has 0 saturated heterocycles. The maximum atomic E-state index is 13.5. The molecular weight excluding hydrogens is 288 g/mol. The minimum absolute atomic E-state index is 0.211. The predicted molar refractivity (Wildman–Crippen MR) is 77.9 cm³/mol. The highest BCUT2D eigenvalue weighted by Gasteiger charge is 2.12. The molecular formula is C16H11F2N3O. The van der Waals surface area contributed by atoms with Crippen molar-refractivity contribution in [1.29, 1.82) is 0 Å². The zero-order valence-electron chi connectivity index (χ0n) is 11.3. The third-order valence-electron chi connectivity index (χ3n) is 3.04. The number of rotatable bonds is 3. The van der Waals surface area contributed by atoms with Crippen LogP contribution in [-0.2, 0) is 0 Å². The molecule has 0 bridgehead atoms. The van der Waals surface area contributed by atoms with E-state index in [-0.39, 0.29) is 11.3 Å². The van der Waals surface area contributed by atoms with Crippen LogP contribution in [0.5, 0.6) is 0 Å². The van der Waals surface area contributed by atoms with E-state index in [1.54, 1.807) is 0 Å². The molecule has 0 atom stereocenters. The highest BCUT2D eigenvalue weighted by Crippen LogP contribution is 2.16. The molecule has 3 rings (SSSR count). The van der Waals surface area contributed by atoms with Crippen molar-refractivity contribution in [2.75, 3.05) is 5.32 Å². The normalized spacial score (nSPS) is 10.5. The Balaban J connectivity index is 1.81. The molecule has 0 radical (unpaired) electrons. The Morgan fingerprint density at radius 3 is 2.64 bits per heavy atom. The van der Waals surface area contributed by atoms with Crippen LogP contribution < -0.4 is 5.32 Å². The number of carbonyl (C=O) groups is 1. The third-order valence-corrected chi connectivity index (χ3v) is 3.04. The average molecular weight is 299 g/mol. The Labute approximate surface area is 125 Å². The number of benzene rings is 2. The van der Waals surface area contributed by atoms with Gasteiger partial charge in [0, 0.05) is 12.3 Å². The van der Waals surface area contributed by atoms with Gasteiger partial charge in [-0.1, -0.05) is 18.2 Å². The van der Waals surface area contributed by atoms with E-state index in [2.05, 4.69) is 10.4 Å². The molecule has 22 heavy (non-hydrogen) atoms. The number of amides is 1. The summed E-state index contributed by atoms with van der Waals surface area (Å²) in [5.41, 5.74) is 0.823. The summed E-state index contributed by atoms with van der Waals surface area (Å²) < 4.78 is 28.1. The second kappa shape index (κ2) is 5.77. The highest BCUT2D eigenvalue weighted by atomic mass is 19.1. The standard InChI is InChI=1S/C16H11F2N3O/c17-12-6-7-14(18)15(8-12)20-16(22)11-9-19-21(10-11)13-4-2-1-3-5-13/h1-10H,(H,20,22). The Hall–Kier alpha value is -3.02. The van der Waals surface area contributed by atoms with Gasteiger partial charge in [0.2, 0.25) is 0 Å². The van der Waals surface area contributed by atoms with Gasteiger partial charge in [0.25, 0.3) is 5.91 Å². The third kappa shape index (κ3) is 2.85. The van der Waals surface area contributed by atoms with E-state index < -0.39 is 17.5 Å². The van der Waals surface area contributed by atoms with Crippen LogP contribution in [0.25, 0.3) is 5.69 Å². The van der Waals surface area contributed by atoms with Crippen LogP contribution in [0.15, 0.2) is 60.9 Å². The van der Waals surface area contributed by atoms with Gasteiger partial charge in [-0.2, -0.15) is 5.10 Å². The van der Waals surface area contributed by atoms with Crippen molar-refractivity contribution in [3.05, 3.63) is 78.1 Å². The van der Waals surface area contributed by atoms with Gasteiger partial charge in [0.15, 0.2) is 0 Å².